The standard InChI is InChI=1S/C22H28N2O2S/c1-4-23-22(26)18(3)24(14-19-10-6-5-7-11-19)21(25)16-27-15-20-12-8-9-17(2)13-20/h5-13,18H,4,14-16H2,1-3H3,(H,23,26)/t18-/m0/s1. The molecule has 0 saturated heterocycles. The fourth-order valence-electron chi connectivity index (χ4n) is 2.83. The summed E-state index contributed by atoms with van der Waals surface area (Å²) in [5.74, 6) is 0.993. The van der Waals surface area contributed by atoms with E-state index in [0.29, 0.717) is 18.8 Å². The van der Waals surface area contributed by atoms with Gasteiger partial charge in [0.25, 0.3) is 0 Å². The second-order valence-corrected chi connectivity index (χ2v) is 7.55. The van der Waals surface area contributed by atoms with E-state index >= 15 is 0 Å². The molecule has 0 aliphatic carbocycles. The van der Waals surface area contributed by atoms with Crippen LogP contribution in [0.1, 0.15) is 30.5 Å². The van der Waals surface area contributed by atoms with Crippen molar-refractivity contribution in [3.05, 3.63) is 71.3 Å². The van der Waals surface area contributed by atoms with Crippen molar-refractivity contribution in [1.82, 2.24) is 10.2 Å². The Hall–Kier alpha value is -2.27. The van der Waals surface area contributed by atoms with E-state index in [-0.39, 0.29) is 11.8 Å². The van der Waals surface area contributed by atoms with E-state index in [2.05, 4.69) is 30.4 Å². The molecule has 2 rings (SSSR count). The Morgan fingerprint density at radius 2 is 1.78 bits per heavy atom. The third-order valence-corrected chi connectivity index (χ3v) is 5.28. The number of likely N-dealkylation sites (N-methyl/N-ethyl adjacent to an activating group) is 1. The zero-order valence-corrected chi connectivity index (χ0v) is 17.1. The predicted molar refractivity (Wildman–Crippen MR) is 112 cm³/mol. The molecule has 0 aliphatic heterocycles. The fraction of sp³-hybridized carbons (Fsp3) is 0.364. The molecule has 0 spiro atoms. The number of amides is 2. The first kappa shape index (κ1) is 21.0. The number of hydrogen-bond acceptors (Lipinski definition) is 3. The van der Waals surface area contributed by atoms with Crippen molar-refractivity contribution in [1.29, 1.82) is 0 Å². The van der Waals surface area contributed by atoms with Crippen LogP contribution < -0.4 is 5.32 Å². The molecule has 0 fully saturated rings. The number of carbonyl (C=O) groups excluding carboxylic acids is 2. The van der Waals surface area contributed by atoms with E-state index in [9.17, 15) is 9.59 Å². The minimum atomic E-state index is -0.503. The first-order chi connectivity index (χ1) is 13.0. The van der Waals surface area contributed by atoms with Gasteiger partial charge in [0.2, 0.25) is 11.8 Å². The maximum atomic E-state index is 12.9. The first-order valence-corrected chi connectivity index (χ1v) is 10.4. The van der Waals surface area contributed by atoms with Gasteiger partial charge in [0.15, 0.2) is 0 Å². The van der Waals surface area contributed by atoms with Crippen LogP contribution in [0.25, 0.3) is 0 Å². The minimum absolute atomic E-state index is 0.0183. The molecule has 2 aromatic rings. The average molecular weight is 385 g/mol. The molecule has 0 bridgehead atoms. The molecule has 0 radical (unpaired) electrons. The summed E-state index contributed by atoms with van der Waals surface area (Å²) in [6.45, 7) is 6.72. The minimum Gasteiger partial charge on any atom is -0.355 e. The highest BCUT2D eigenvalue weighted by Crippen LogP contribution is 2.16. The molecule has 0 unspecified atom stereocenters. The van der Waals surface area contributed by atoms with E-state index in [4.69, 9.17) is 0 Å². The van der Waals surface area contributed by atoms with Crippen molar-refractivity contribution < 1.29 is 9.59 Å². The van der Waals surface area contributed by atoms with Crippen LogP contribution >= 0.6 is 11.8 Å². The summed E-state index contributed by atoms with van der Waals surface area (Å²) < 4.78 is 0. The van der Waals surface area contributed by atoms with Crippen LogP contribution in [0.2, 0.25) is 0 Å². The molecule has 4 nitrogen and oxygen atoms in total. The second-order valence-electron chi connectivity index (χ2n) is 6.56. The molecule has 2 amide bonds. The Bertz CT molecular complexity index is 749. The number of rotatable bonds is 9. The summed E-state index contributed by atoms with van der Waals surface area (Å²) in [6, 6.07) is 17.6. The molecular weight excluding hydrogens is 356 g/mol. The molecule has 0 saturated carbocycles. The first-order valence-electron chi connectivity index (χ1n) is 9.25. The topological polar surface area (TPSA) is 49.4 Å². The van der Waals surface area contributed by atoms with Crippen molar-refractivity contribution in [2.24, 2.45) is 0 Å². The van der Waals surface area contributed by atoms with Crippen LogP contribution in [0.3, 0.4) is 0 Å². The van der Waals surface area contributed by atoms with Crippen LogP contribution in [0.15, 0.2) is 54.6 Å². The van der Waals surface area contributed by atoms with Crippen molar-refractivity contribution in [2.75, 3.05) is 12.3 Å². The molecular formula is C22H28N2O2S. The summed E-state index contributed by atoms with van der Waals surface area (Å²) >= 11 is 1.58. The summed E-state index contributed by atoms with van der Waals surface area (Å²) in [5.41, 5.74) is 3.44. The predicted octanol–water partition coefficient (Wildman–Crippen LogP) is 3.78. The Labute approximate surface area is 166 Å². The number of thioether (sulfide) groups is 1. The van der Waals surface area contributed by atoms with Crippen molar-refractivity contribution in [3.63, 3.8) is 0 Å². The van der Waals surface area contributed by atoms with Gasteiger partial charge >= 0.3 is 0 Å². The Kier molecular flexibility index (Phi) is 8.40. The van der Waals surface area contributed by atoms with Crippen LogP contribution in [-0.2, 0) is 21.9 Å². The van der Waals surface area contributed by atoms with Gasteiger partial charge in [0.05, 0.1) is 5.75 Å². The van der Waals surface area contributed by atoms with Gasteiger partial charge in [-0.2, -0.15) is 0 Å². The van der Waals surface area contributed by atoms with Gasteiger partial charge in [-0.15, -0.1) is 11.8 Å². The van der Waals surface area contributed by atoms with Gasteiger partial charge in [-0.3, -0.25) is 9.59 Å². The molecule has 144 valence electrons. The van der Waals surface area contributed by atoms with E-state index in [0.717, 1.165) is 11.3 Å². The molecule has 0 aliphatic rings. The zero-order valence-electron chi connectivity index (χ0n) is 16.3. The van der Waals surface area contributed by atoms with Crippen LogP contribution in [0.4, 0.5) is 0 Å². The van der Waals surface area contributed by atoms with E-state index < -0.39 is 6.04 Å². The van der Waals surface area contributed by atoms with Gasteiger partial charge in [0, 0.05) is 18.8 Å². The van der Waals surface area contributed by atoms with Crippen LogP contribution in [0, 0.1) is 6.92 Å². The summed E-state index contributed by atoms with van der Waals surface area (Å²) in [4.78, 5) is 26.9. The normalized spacial score (nSPS) is 11.7. The lowest BCUT2D eigenvalue weighted by atomic mass is 10.1. The highest BCUT2D eigenvalue weighted by Gasteiger charge is 2.25. The highest BCUT2D eigenvalue weighted by molar-refractivity contribution is 7.99. The largest absolute Gasteiger partial charge is 0.355 e. The zero-order chi connectivity index (χ0) is 19.6. The lowest BCUT2D eigenvalue weighted by Crippen LogP contribution is -2.48. The second kappa shape index (κ2) is 10.8. The van der Waals surface area contributed by atoms with E-state index in [1.807, 2.05) is 43.3 Å². The van der Waals surface area contributed by atoms with Crippen molar-refractivity contribution >= 4 is 23.6 Å². The lowest BCUT2D eigenvalue weighted by molar-refractivity contribution is -0.138. The maximum absolute atomic E-state index is 12.9. The molecule has 0 aromatic heterocycles. The molecule has 5 heteroatoms. The molecule has 0 heterocycles. The van der Waals surface area contributed by atoms with Crippen LogP contribution in [-0.4, -0.2) is 35.1 Å². The SMILES string of the molecule is CCNC(=O)[C@H](C)N(Cc1ccccc1)C(=O)CSCc1cccc(C)c1. The molecule has 2 aromatic carbocycles. The number of nitrogens with zero attached hydrogens (tertiary/aromatic N) is 1. The Balaban J connectivity index is 2.02. The number of aryl methyl sites for hydroxylation is 1. The van der Waals surface area contributed by atoms with E-state index in [1.165, 1.54) is 11.1 Å². The van der Waals surface area contributed by atoms with Gasteiger partial charge in [-0.1, -0.05) is 60.2 Å². The average Bonchev–Trinajstić information content (AvgIpc) is 2.66. The third kappa shape index (κ3) is 6.75. The van der Waals surface area contributed by atoms with Gasteiger partial charge in [0.1, 0.15) is 6.04 Å². The quantitative estimate of drug-likeness (QED) is 0.716. The molecule has 1 atom stereocenters. The smallest absolute Gasteiger partial charge is 0.242 e. The Morgan fingerprint density at radius 1 is 1.07 bits per heavy atom. The van der Waals surface area contributed by atoms with E-state index in [1.54, 1.807) is 23.6 Å². The number of nitrogens with one attached hydrogen (secondary N) is 1. The lowest BCUT2D eigenvalue weighted by Gasteiger charge is -2.28. The number of carbonyl (C=O) groups is 2. The third-order valence-electron chi connectivity index (χ3n) is 4.29. The summed E-state index contributed by atoms with van der Waals surface area (Å²) in [5, 5.41) is 2.81. The van der Waals surface area contributed by atoms with Gasteiger partial charge < -0.3 is 10.2 Å². The molecule has 27 heavy (non-hydrogen) atoms. The van der Waals surface area contributed by atoms with Crippen molar-refractivity contribution in [3.8, 4) is 0 Å². The monoisotopic (exact) mass is 384 g/mol. The number of hydrogen-bond donors (Lipinski definition) is 1. The van der Waals surface area contributed by atoms with Crippen molar-refractivity contribution in [2.45, 2.75) is 39.1 Å². The maximum Gasteiger partial charge on any atom is 0.242 e. The highest BCUT2D eigenvalue weighted by atomic mass is 32.2. The van der Waals surface area contributed by atoms with Gasteiger partial charge in [-0.25, -0.2) is 0 Å². The fourth-order valence-corrected chi connectivity index (χ4v) is 3.68. The van der Waals surface area contributed by atoms with Crippen LogP contribution in [0.5, 0.6) is 0 Å². The Morgan fingerprint density at radius 3 is 2.44 bits per heavy atom. The van der Waals surface area contributed by atoms with Gasteiger partial charge in [-0.05, 0) is 31.9 Å². The summed E-state index contributed by atoms with van der Waals surface area (Å²) in [7, 11) is 0. The molecule has 1 N–H and O–H groups in total. The summed E-state index contributed by atoms with van der Waals surface area (Å²) in [6.07, 6.45) is 0. The number of benzene rings is 2.